The summed E-state index contributed by atoms with van der Waals surface area (Å²) in [4.78, 5) is 28.9. The van der Waals surface area contributed by atoms with Crippen molar-refractivity contribution in [3.63, 3.8) is 0 Å². The van der Waals surface area contributed by atoms with E-state index in [0.717, 1.165) is 32.5 Å². The van der Waals surface area contributed by atoms with Crippen molar-refractivity contribution >= 4 is 11.8 Å². The Labute approximate surface area is 149 Å². The van der Waals surface area contributed by atoms with Crippen LogP contribution in [0.4, 0.5) is 0 Å². The molecule has 5 nitrogen and oxygen atoms in total. The third-order valence-corrected chi connectivity index (χ3v) is 6.64. The van der Waals surface area contributed by atoms with Gasteiger partial charge in [-0.05, 0) is 44.6 Å². The van der Waals surface area contributed by atoms with Gasteiger partial charge in [-0.15, -0.1) is 0 Å². The fourth-order valence-electron chi connectivity index (χ4n) is 5.18. The van der Waals surface area contributed by atoms with Crippen LogP contribution >= 0.6 is 0 Å². The predicted molar refractivity (Wildman–Crippen MR) is 94.8 cm³/mol. The predicted octanol–water partition coefficient (Wildman–Crippen LogP) is 2.14. The first-order valence-corrected chi connectivity index (χ1v) is 9.60. The van der Waals surface area contributed by atoms with Crippen molar-refractivity contribution in [1.29, 1.82) is 0 Å². The second-order valence-electron chi connectivity index (χ2n) is 8.09. The number of esters is 1. The van der Waals surface area contributed by atoms with Crippen LogP contribution in [0.25, 0.3) is 0 Å². The second-order valence-corrected chi connectivity index (χ2v) is 8.09. The lowest BCUT2D eigenvalue weighted by Crippen LogP contribution is -2.63. The Kier molecular flexibility index (Phi) is 4.44. The van der Waals surface area contributed by atoms with Crippen molar-refractivity contribution in [3.8, 4) is 0 Å². The summed E-state index contributed by atoms with van der Waals surface area (Å²) in [6, 6.07) is 0.892. The number of allylic oxidation sites excluding steroid dienone is 2. The number of fused-ring (bicyclic) bond motifs is 6. The Morgan fingerprint density at radius 2 is 2.04 bits per heavy atom. The number of ether oxygens (including phenoxy) is 1. The maximum atomic E-state index is 12.1. The third-order valence-electron chi connectivity index (χ3n) is 6.64. The normalized spacial score (nSPS) is 38.2. The summed E-state index contributed by atoms with van der Waals surface area (Å²) in [5, 5.41) is 0. The first kappa shape index (κ1) is 16.8. The van der Waals surface area contributed by atoms with Gasteiger partial charge in [0.2, 0.25) is 0 Å². The molecule has 25 heavy (non-hydrogen) atoms. The van der Waals surface area contributed by atoms with Gasteiger partial charge in [-0.3, -0.25) is 9.69 Å². The summed E-state index contributed by atoms with van der Waals surface area (Å²) >= 11 is 0. The summed E-state index contributed by atoms with van der Waals surface area (Å²) in [6.07, 6.45) is 9.35. The van der Waals surface area contributed by atoms with E-state index in [9.17, 15) is 9.59 Å². The summed E-state index contributed by atoms with van der Waals surface area (Å²) in [5.74, 6) is 1.30. The Morgan fingerprint density at radius 1 is 1.24 bits per heavy atom. The average Bonchev–Trinajstić information content (AvgIpc) is 2.62. The van der Waals surface area contributed by atoms with Crippen LogP contribution in [0.2, 0.25) is 0 Å². The lowest BCUT2D eigenvalue weighted by molar-refractivity contribution is -0.150. The number of nitrogens with zero attached hydrogens (tertiary/aromatic N) is 2. The van der Waals surface area contributed by atoms with Crippen molar-refractivity contribution in [1.82, 2.24) is 9.80 Å². The number of carbonyl (C=O) groups excluding carboxylic acids is 2. The summed E-state index contributed by atoms with van der Waals surface area (Å²) in [7, 11) is 0. The molecule has 5 atom stereocenters. The number of carbonyl (C=O) groups is 2. The zero-order valence-electron chi connectivity index (χ0n) is 15.2. The zero-order valence-corrected chi connectivity index (χ0v) is 15.2. The Hall–Kier alpha value is -1.62. The van der Waals surface area contributed by atoms with Gasteiger partial charge >= 0.3 is 5.97 Å². The van der Waals surface area contributed by atoms with Gasteiger partial charge in [0.1, 0.15) is 6.10 Å². The van der Waals surface area contributed by atoms with E-state index in [1.54, 1.807) is 6.08 Å². The fraction of sp³-hybridized carbons (Fsp3) is 0.700. The molecule has 0 aromatic rings. The molecule has 0 spiro atoms. The minimum absolute atomic E-state index is 0.0383. The van der Waals surface area contributed by atoms with Crippen LogP contribution in [0, 0.1) is 11.8 Å². The molecule has 3 fully saturated rings. The van der Waals surface area contributed by atoms with Crippen molar-refractivity contribution in [2.75, 3.05) is 19.6 Å². The SMILES string of the molecule is CC=C(C)C(=O)OC1CCN2CC3CC(CN4C=CC(=O)CC34)C2C1. The van der Waals surface area contributed by atoms with E-state index in [-0.39, 0.29) is 17.9 Å². The molecule has 136 valence electrons. The third kappa shape index (κ3) is 3.14. The van der Waals surface area contributed by atoms with Crippen LogP contribution in [0.3, 0.4) is 0 Å². The van der Waals surface area contributed by atoms with E-state index < -0.39 is 0 Å². The monoisotopic (exact) mass is 344 g/mol. The van der Waals surface area contributed by atoms with Gasteiger partial charge in [-0.25, -0.2) is 4.79 Å². The van der Waals surface area contributed by atoms with E-state index >= 15 is 0 Å². The largest absolute Gasteiger partial charge is 0.459 e. The Balaban J connectivity index is 1.44. The van der Waals surface area contributed by atoms with Gasteiger partial charge in [-0.2, -0.15) is 0 Å². The fourth-order valence-corrected chi connectivity index (χ4v) is 5.18. The van der Waals surface area contributed by atoms with Gasteiger partial charge in [-0.1, -0.05) is 6.08 Å². The molecule has 4 aliphatic rings. The highest BCUT2D eigenvalue weighted by Gasteiger charge is 2.48. The second kappa shape index (κ2) is 6.60. The van der Waals surface area contributed by atoms with Gasteiger partial charge in [0.25, 0.3) is 0 Å². The van der Waals surface area contributed by atoms with Crippen LogP contribution < -0.4 is 0 Å². The van der Waals surface area contributed by atoms with Crippen molar-refractivity contribution in [2.24, 2.45) is 11.8 Å². The minimum Gasteiger partial charge on any atom is -0.459 e. The molecule has 3 saturated heterocycles. The van der Waals surface area contributed by atoms with Crippen LogP contribution in [0.1, 0.15) is 39.5 Å². The average molecular weight is 344 g/mol. The van der Waals surface area contributed by atoms with Gasteiger partial charge in [0.05, 0.1) is 0 Å². The van der Waals surface area contributed by atoms with Gasteiger partial charge < -0.3 is 9.64 Å². The molecule has 4 aliphatic heterocycles. The summed E-state index contributed by atoms with van der Waals surface area (Å²) in [5.41, 5.74) is 0.690. The van der Waals surface area contributed by atoms with Crippen LogP contribution in [-0.4, -0.2) is 59.4 Å². The summed E-state index contributed by atoms with van der Waals surface area (Å²) in [6.45, 7) is 6.80. The van der Waals surface area contributed by atoms with Gasteiger partial charge in [0.15, 0.2) is 5.78 Å². The topological polar surface area (TPSA) is 49.9 Å². The molecular formula is C20H28N2O3. The van der Waals surface area contributed by atoms with Crippen LogP contribution in [0.15, 0.2) is 23.9 Å². The number of hydrogen-bond acceptors (Lipinski definition) is 5. The maximum Gasteiger partial charge on any atom is 0.333 e. The van der Waals surface area contributed by atoms with E-state index in [4.69, 9.17) is 4.74 Å². The summed E-state index contributed by atoms with van der Waals surface area (Å²) < 4.78 is 5.75. The number of ketones is 1. The van der Waals surface area contributed by atoms with Crippen molar-refractivity contribution in [3.05, 3.63) is 23.9 Å². The maximum absolute atomic E-state index is 12.1. The highest BCUT2D eigenvalue weighted by atomic mass is 16.5. The molecule has 0 aromatic carbocycles. The number of piperidine rings is 3. The standard InChI is InChI=1S/C20H28N2O3/c1-3-13(2)20(24)25-17-5-7-22-11-14-8-15(19(22)10-17)12-21-6-4-16(23)9-18(14)21/h3-4,6,14-15,17-19H,5,7-12H2,1-2H3. The van der Waals surface area contributed by atoms with Crippen molar-refractivity contribution in [2.45, 2.75) is 57.7 Å². The quantitative estimate of drug-likeness (QED) is 0.567. The molecule has 0 N–H and O–H groups in total. The molecule has 5 heteroatoms. The molecule has 0 aromatic heterocycles. The highest BCUT2D eigenvalue weighted by Crippen LogP contribution is 2.42. The van der Waals surface area contributed by atoms with E-state index in [0.29, 0.717) is 35.9 Å². The van der Waals surface area contributed by atoms with E-state index in [1.807, 2.05) is 26.1 Å². The smallest absolute Gasteiger partial charge is 0.333 e. The molecule has 4 rings (SSSR count). The first-order valence-electron chi connectivity index (χ1n) is 9.60. The molecule has 5 unspecified atom stereocenters. The van der Waals surface area contributed by atoms with Gasteiger partial charge in [0, 0.05) is 56.3 Å². The first-order chi connectivity index (χ1) is 12.0. The number of rotatable bonds is 2. The molecule has 0 amide bonds. The molecule has 0 radical (unpaired) electrons. The molecule has 2 bridgehead atoms. The van der Waals surface area contributed by atoms with E-state index in [2.05, 4.69) is 9.80 Å². The molecule has 4 heterocycles. The molecular weight excluding hydrogens is 316 g/mol. The van der Waals surface area contributed by atoms with Crippen LogP contribution in [0.5, 0.6) is 0 Å². The highest BCUT2D eigenvalue weighted by molar-refractivity contribution is 5.90. The van der Waals surface area contributed by atoms with Crippen LogP contribution in [-0.2, 0) is 14.3 Å². The zero-order chi connectivity index (χ0) is 17.6. The van der Waals surface area contributed by atoms with Crippen molar-refractivity contribution < 1.29 is 14.3 Å². The Morgan fingerprint density at radius 3 is 2.84 bits per heavy atom. The molecule has 0 saturated carbocycles. The lowest BCUT2D eigenvalue weighted by atomic mass is 9.71. The van der Waals surface area contributed by atoms with E-state index in [1.165, 1.54) is 6.42 Å². The number of hydrogen-bond donors (Lipinski definition) is 0. The molecule has 0 aliphatic carbocycles. The minimum atomic E-state index is -0.171. The lowest BCUT2D eigenvalue weighted by Gasteiger charge is -2.56. The Bertz CT molecular complexity index is 626.